The minimum atomic E-state index is 0.147. The van der Waals surface area contributed by atoms with Crippen LogP contribution in [0.5, 0.6) is 5.88 Å². The molecule has 0 amide bonds. The summed E-state index contributed by atoms with van der Waals surface area (Å²) >= 11 is 6.06. The summed E-state index contributed by atoms with van der Waals surface area (Å²) in [5, 5.41) is 9.60. The first-order valence-corrected chi connectivity index (χ1v) is 10.2. The SMILES string of the molecule is COCc1nnc(C2CCC(Oc3cnc(C)cn3)CC2)n1-c1ccc(Cl)cc1. The van der Waals surface area contributed by atoms with E-state index in [2.05, 4.69) is 24.7 Å². The first kappa shape index (κ1) is 19.8. The Labute approximate surface area is 175 Å². The van der Waals surface area contributed by atoms with Crippen molar-refractivity contribution in [3.05, 3.63) is 59.0 Å². The van der Waals surface area contributed by atoms with Gasteiger partial charge in [-0.05, 0) is 56.9 Å². The molecule has 0 spiro atoms. The molecule has 7 nitrogen and oxygen atoms in total. The van der Waals surface area contributed by atoms with Gasteiger partial charge in [0.15, 0.2) is 5.82 Å². The smallest absolute Gasteiger partial charge is 0.232 e. The highest BCUT2D eigenvalue weighted by Gasteiger charge is 2.29. The molecule has 0 bridgehead atoms. The van der Waals surface area contributed by atoms with E-state index in [1.165, 1.54) is 0 Å². The fourth-order valence-electron chi connectivity index (χ4n) is 3.74. The molecule has 1 fully saturated rings. The fourth-order valence-corrected chi connectivity index (χ4v) is 3.87. The van der Waals surface area contributed by atoms with Crippen molar-refractivity contribution in [1.82, 2.24) is 24.7 Å². The number of aromatic nitrogens is 5. The van der Waals surface area contributed by atoms with Gasteiger partial charge in [0.2, 0.25) is 5.88 Å². The Bertz CT molecular complexity index is 935. The maximum Gasteiger partial charge on any atom is 0.232 e. The third-order valence-electron chi connectivity index (χ3n) is 5.20. The number of hydrogen-bond donors (Lipinski definition) is 0. The van der Waals surface area contributed by atoms with Gasteiger partial charge < -0.3 is 9.47 Å². The molecule has 0 saturated heterocycles. The number of benzene rings is 1. The minimum absolute atomic E-state index is 0.147. The minimum Gasteiger partial charge on any atom is -0.473 e. The van der Waals surface area contributed by atoms with Gasteiger partial charge in [-0.15, -0.1) is 10.2 Å². The van der Waals surface area contributed by atoms with Crippen molar-refractivity contribution in [2.75, 3.05) is 7.11 Å². The van der Waals surface area contributed by atoms with Crippen molar-refractivity contribution in [3.8, 4) is 11.6 Å². The molecule has 0 atom stereocenters. The first-order valence-electron chi connectivity index (χ1n) is 9.78. The lowest BCUT2D eigenvalue weighted by molar-refractivity contribution is 0.138. The second kappa shape index (κ2) is 8.88. The van der Waals surface area contributed by atoms with Crippen LogP contribution in [0.15, 0.2) is 36.7 Å². The number of aryl methyl sites for hydroxylation is 1. The Morgan fingerprint density at radius 1 is 1.03 bits per heavy atom. The molecular weight excluding hydrogens is 390 g/mol. The van der Waals surface area contributed by atoms with Gasteiger partial charge in [-0.3, -0.25) is 9.55 Å². The quantitative estimate of drug-likeness (QED) is 0.600. The molecule has 1 aliphatic carbocycles. The van der Waals surface area contributed by atoms with E-state index in [0.717, 1.165) is 48.7 Å². The molecule has 0 radical (unpaired) electrons. The van der Waals surface area contributed by atoms with E-state index in [0.29, 0.717) is 23.4 Å². The molecule has 29 heavy (non-hydrogen) atoms. The number of nitrogens with zero attached hydrogens (tertiary/aromatic N) is 5. The van der Waals surface area contributed by atoms with Gasteiger partial charge in [0.05, 0.1) is 18.1 Å². The van der Waals surface area contributed by atoms with Gasteiger partial charge in [0, 0.05) is 23.7 Å². The van der Waals surface area contributed by atoms with Crippen molar-refractivity contribution in [1.29, 1.82) is 0 Å². The molecule has 0 aliphatic heterocycles. The van der Waals surface area contributed by atoms with Gasteiger partial charge in [0.25, 0.3) is 0 Å². The van der Waals surface area contributed by atoms with Crippen LogP contribution in [0, 0.1) is 6.92 Å². The lowest BCUT2D eigenvalue weighted by Crippen LogP contribution is -2.25. The van der Waals surface area contributed by atoms with Gasteiger partial charge in [-0.1, -0.05) is 11.6 Å². The summed E-state index contributed by atoms with van der Waals surface area (Å²) in [5.74, 6) is 2.66. The van der Waals surface area contributed by atoms with Crippen LogP contribution in [0.2, 0.25) is 5.02 Å². The average molecular weight is 414 g/mol. The molecule has 3 aromatic rings. The first-order chi connectivity index (χ1) is 14.1. The van der Waals surface area contributed by atoms with E-state index >= 15 is 0 Å². The molecule has 0 N–H and O–H groups in total. The number of methoxy groups -OCH3 is 1. The van der Waals surface area contributed by atoms with E-state index in [-0.39, 0.29) is 6.10 Å². The highest BCUT2D eigenvalue weighted by atomic mass is 35.5. The molecule has 2 aromatic heterocycles. The van der Waals surface area contributed by atoms with Crippen LogP contribution in [0.4, 0.5) is 0 Å². The summed E-state index contributed by atoms with van der Waals surface area (Å²) in [6.45, 7) is 2.32. The molecule has 1 aliphatic rings. The molecule has 8 heteroatoms. The van der Waals surface area contributed by atoms with E-state index in [1.807, 2.05) is 31.2 Å². The molecule has 1 aromatic carbocycles. The Morgan fingerprint density at radius 3 is 2.45 bits per heavy atom. The molecule has 2 heterocycles. The number of ether oxygens (including phenoxy) is 2. The summed E-state index contributed by atoms with van der Waals surface area (Å²) in [7, 11) is 1.66. The van der Waals surface area contributed by atoms with E-state index in [4.69, 9.17) is 21.1 Å². The van der Waals surface area contributed by atoms with Crippen molar-refractivity contribution >= 4 is 11.6 Å². The third-order valence-corrected chi connectivity index (χ3v) is 5.45. The fraction of sp³-hybridized carbons (Fsp3) is 0.429. The van der Waals surface area contributed by atoms with Crippen molar-refractivity contribution < 1.29 is 9.47 Å². The van der Waals surface area contributed by atoms with Crippen molar-refractivity contribution in [2.24, 2.45) is 0 Å². The van der Waals surface area contributed by atoms with Crippen LogP contribution in [0.25, 0.3) is 5.69 Å². The molecule has 1 saturated carbocycles. The Hall–Kier alpha value is -2.51. The van der Waals surface area contributed by atoms with E-state index in [9.17, 15) is 0 Å². The molecule has 4 rings (SSSR count). The highest BCUT2D eigenvalue weighted by Crippen LogP contribution is 2.35. The maximum atomic E-state index is 6.06. The van der Waals surface area contributed by atoms with Crippen LogP contribution in [-0.2, 0) is 11.3 Å². The zero-order chi connectivity index (χ0) is 20.2. The number of hydrogen-bond acceptors (Lipinski definition) is 6. The summed E-state index contributed by atoms with van der Waals surface area (Å²) < 4.78 is 13.4. The number of halogens is 1. The highest BCUT2D eigenvalue weighted by molar-refractivity contribution is 6.30. The van der Waals surface area contributed by atoms with Crippen LogP contribution in [0.1, 0.15) is 48.9 Å². The Morgan fingerprint density at radius 2 is 1.79 bits per heavy atom. The second-order valence-corrected chi connectivity index (χ2v) is 7.74. The molecule has 152 valence electrons. The average Bonchev–Trinajstić information content (AvgIpc) is 3.15. The standard InChI is InChI=1S/C21H24ClN5O2/c1-14-11-24-20(12-23-14)29-18-9-3-15(4-10-18)21-26-25-19(13-28-2)27(21)17-7-5-16(22)6-8-17/h5-8,11-12,15,18H,3-4,9-10,13H2,1-2H3. The van der Waals surface area contributed by atoms with Gasteiger partial charge in [0.1, 0.15) is 18.5 Å². The van der Waals surface area contributed by atoms with Crippen molar-refractivity contribution in [2.45, 2.75) is 51.2 Å². The normalized spacial score (nSPS) is 19.3. The summed E-state index contributed by atoms with van der Waals surface area (Å²) in [6.07, 6.45) is 7.39. The van der Waals surface area contributed by atoms with Crippen LogP contribution in [-0.4, -0.2) is 37.9 Å². The van der Waals surface area contributed by atoms with Crippen LogP contribution >= 0.6 is 11.6 Å². The monoisotopic (exact) mass is 413 g/mol. The zero-order valence-corrected chi connectivity index (χ0v) is 17.3. The predicted molar refractivity (Wildman–Crippen MR) is 109 cm³/mol. The third kappa shape index (κ3) is 4.57. The summed E-state index contributed by atoms with van der Waals surface area (Å²) in [6, 6.07) is 7.73. The molecular formula is C21H24ClN5O2. The van der Waals surface area contributed by atoms with Gasteiger partial charge in [-0.2, -0.15) is 0 Å². The van der Waals surface area contributed by atoms with E-state index < -0.39 is 0 Å². The van der Waals surface area contributed by atoms with Gasteiger partial charge >= 0.3 is 0 Å². The van der Waals surface area contributed by atoms with Crippen LogP contribution in [0.3, 0.4) is 0 Å². The largest absolute Gasteiger partial charge is 0.473 e. The van der Waals surface area contributed by atoms with Crippen LogP contribution < -0.4 is 4.74 Å². The topological polar surface area (TPSA) is 75.0 Å². The second-order valence-electron chi connectivity index (χ2n) is 7.31. The molecule has 0 unspecified atom stereocenters. The summed E-state index contributed by atoms with van der Waals surface area (Å²) in [5.41, 5.74) is 1.88. The van der Waals surface area contributed by atoms with E-state index in [1.54, 1.807) is 19.5 Å². The van der Waals surface area contributed by atoms with Crippen molar-refractivity contribution in [3.63, 3.8) is 0 Å². The number of rotatable bonds is 6. The predicted octanol–water partition coefficient (Wildman–Crippen LogP) is 4.27. The Balaban J connectivity index is 1.49. The lowest BCUT2D eigenvalue weighted by atomic mass is 9.86. The summed E-state index contributed by atoms with van der Waals surface area (Å²) in [4.78, 5) is 8.55. The maximum absolute atomic E-state index is 6.06. The Kier molecular flexibility index (Phi) is 6.06. The lowest BCUT2D eigenvalue weighted by Gasteiger charge is -2.28. The van der Waals surface area contributed by atoms with Gasteiger partial charge in [-0.25, -0.2) is 4.98 Å². The zero-order valence-electron chi connectivity index (χ0n) is 16.6.